The molecule has 0 saturated heterocycles. The summed E-state index contributed by atoms with van der Waals surface area (Å²) in [5.41, 5.74) is 1.15. The number of rotatable bonds is 7. The van der Waals surface area contributed by atoms with Gasteiger partial charge in [-0.15, -0.1) is 5.10 Å². The zero-order chi connectivity index (χ0) is 21.8. The van der Waals surface area contributed by atoms with Crippen molar-refractivity contribution in [3.05, 3.63) is 77.8 Å². The molecule has 0 bridgehead atoms. The third kappa shape index (κ3) is 4.25. The number of ether oxygens (including phenoxy) is 2. The summed E-state index contributed by atoms with van der Waals surface area (Å²) in [6.07, 6.45) is 1.49. The molecule has 0 saturated carbocycles. The van der Waals surface area contributed by atoms with Gasteiger partial charge in [-0.3, -0.25) is 4.79 Å². The summed E-state index contributed by atoms with van der Waals surface area (Å²) in [6, 6.07) is 14.1. The Morgan fingerprint density at radius 2 is 1.87 bits per heavy atom. The number of nitrogens with zero attached hydrogens (tertiary/aromatic N) is 3. The predicted octanol–water partition coefficient (Wildman–Crippen LogP) is 4.00. The molecule has 0 aliphatic carbocycles. The molecule has 4 rings (SSSR count). The number of halogens is 1. The van der Waals surface area contributed by atoms with Gasteiger partial charge in [0.05, 0.1) is 20.5 Å². The zero-order valence-corrected chi connectivity index (χ0v) is 16.8. The lowest BCUT2D eigenvalue weighted by Gasteiger charge is -2.11. The van der Waals surface area contributed by atoms with Gasteiger partial charge in [0.2, 0.25) is 11.8 Å². The molecule has 2 aromatic carbocycles. The average molecular weight is 422 g/mol. The van der Waals surface area contributed by atoms with Gasteiger partial charge in [-0.1, -0.05) is 6.07 Å². The van der Waals surface area contributed by atoms with Gasteiger partial charge in [-0.25, -0.2) is 4.39 Å². The van der Waals surface area contributed by atoms with Crippen LogP contribution < -0.4 is 14.8 Å². The summed E-state index contributed by atoms with van der Waals surface area (Å²) in [7, 11) is 3.12. The Hall–Kier alpha value is -4.14. The van der Waals surface area contributed by atoms with Crippen LogP contribution in [0.15, 0.2) is 65.3 Å². The van der Waals surface area contributed by atoms with Gasteiger partial charge >= 0.3 is 0 Å². The van der Waals surface area contributed by atoms with Crippen molar-refractivity contribution in [1.29, 1.82) is 0 Å². The first-order valence-corrected chi connectivity index (χ1v) is 9.35. The van der Waals surface area contributed by atoms with E-state index in [0.29, 0.717) is 23.8 Å². The van der Waals surface area contributed by atoms with Crippen molar-refractivity contribution in [3.8, 4) is 23.1 Å². The van der Waals surface area contributed by atoms with Crippen LogP contribution in [0.25, 0.3) is 11.6 Å². The lowest BCUT2D eigenvalue weighted by Crippen LogP contribution is -2.17. The maximum atomic E-state index is 13.3. The molecule has 4 aromatic rings. The normalized spacial score (nSPS) is 10.7. The fraction of sp³-hybridized carbons (Fsp3) is 0.136. The van der Waals surface area contributed by atoms with E-state index in [-0.39, 0.29) is 17.3 Å². The van der Waals surface area contributed by atoms with Crippen LogP contribution >= 0.6 is 0 Å². The van der Waals surface area contributed by atoms with Crippen LogP contribution in [0.1, 0.15) is 15.9 Å². The molecule has 0 fully saturated rings. The number of benzene rings is 2. The van der Waals surface area contributed by atoms with E-state index in [1.807, 2.05) is 12.1 Å². The Morgan fingerprint density at radius 3 is 2.55 bits per heavy atom. The first-order valence-electron chi connectivity index (χ1n) is 9.35. The minimum absolute atomic E-state index is 0.218. The molecule has 0 amide bonds. The van der Waals surface area contributed by atoms with Crippen LogP contribution in [-0.4, -0.2) is 34.9 Å². The second kappa shape index (κ2) is 8.70. The SMILES string of the molecule is COc1ccc(CNc2nc(-c3ccco3)nn2C(=O)c2ccc(F)cc2)cc1OC. The summed E-state index contributed by atoms with van der Waals surface area (Å²) < 4.78 is 30.3. The van der Waals surface area contributed by atoms with E-state index in [9.17, 15) is 9.18 Å². The van der Waals surface area contributed by atoms with Crippen LogP contribution in [0.3, 0.4) is 0 Å². The van der Waals surface area contributed by atoms with Crippen LogP contribution in [0.4, 0.5) is 10.3 Å². The molecule has 0 atom stereocenters. The fourth-order valence-corrected chi connectivity index (χ4v) is 2.96. The number of carbonyl (C=O) groups excluding carboxylic acids is 1. The molecule has 0 radical (unpaired) electrons. The maximum absolute atomic E-state index is 13.3. The van der Waals surface area contributed by atoms with Crippen molar-refractivity contribution in [2.24, 2.45) is 0 Å². The topological polar surface area (TPSA) is 91.4 Å². The van der Waals surface area contributed by atoms with E-state index in [2.05, 4.69) is 15.4 Å². The van der Waals surface area contributed by atoms with Gasteiger partial charge in [0.15, 0.2) is 17.3 Å². The van der Waals surface area contributed by atoms with Crippen LogP contribution in [-0.2, 0) is 6.54 Å². The van der Waals surface area contributed by atoms with Gasteiger partial charge in [0.25, 0.3) is 5.91 Å². The molecule has 0 spiro atoms. The number of aromatic nitrogens is 3. The number of hydrogen-bond donors (Lipinski definition) is 1. The minimum atomic E-state index is -0.458. The first-order chi connectivity index (χ1) is 15.1. The van der Waals surface area contributed by atoms with Crippen molar-refractivity contribution >= 4 is 11.9 Å². The monoisotopic (exact) mass is 422 g/mol. The van der Waals surface area contributed by atoms with E-state index >= 15 is 0 Å². The molecule has 2 heterocycles. The average Bonchev–Trinajstić information content (AvgIpc) is 3.47. The van der Waals surface area contributed by atoms with Crippen molar-refractivity contribution < 1.29 is 23.1 Å². The molecular formula is C22H19FN4O4. The molecule has 1 N–H and O–H groups in total. The highest BCUT2D eigenvalue weighted by Crippen LogP contribution is 2.28. The minimum Gasteiger partial charge on any atom is -0.493 e. The Kier molecular flexibility index (Phi) is 5.65. The Bertz CT molecular complexity index is 1190. The molecule has 8 nitrogen and oxygen atoms in total. The van der Waals surface area contributed by atoms with Gasteiger partial charge in [-0.2, -0.15) is 9.67 Å². The quantitative estimate of drug-likeness (QED) is 0.481. The molecule has 31 heavy (non-hydrogen) atoms. The molecule has 9 heteroatoms. The highest BCUT2D eigenvalue weighted by molar-refractivity contribution is 5.97. The van der Waals surface area contributed by atoms with E-state index in [1.54, 1.807) is 32.4 Å². The molecule has 0 aliphatic heterocycles. The van der Waals surface area contributed by atoms with Gasteiger partial charge < -0.3 is 19.2 Å². The molecular weight excluding hydrogens is 403 g/mol. The summed E-state index contributed by atoms with van der Waals surface area (Å²) in [6.45, 7) is 0.341. The van der Waals surface area contributed by atoms with E-state index in [4.69, 9.17) is 13.9 Å². The summed E-state index contributed by atoms with van der Waals surface area (Å²) >= 11 is 0. The zero-order valence-electron chi connectivity index (χ0n) is 16.8. The first kappa shape index (κ1) is 20.1. The van der Waals surface area contributed by atoms with E-state index < -0.39 is 11.7 Å². The van der Waals surface area contributed by atoms with E-state index in [0.717, 1.165) is 10.2 Å². The summed E-state index contributed by atoms with van der Waals surface area (Å²) in [5, 5.41) is 7.41. The largest absolute Gasteiger partial charge is 0.493 e. The second-order valence-corrected chi connectivity index (χ2v) is 6.50. The number of nitrogens with one attached hydrogen (secondary N) is 1. The van der Waals surface area contributed by atoms with E-state index in [1.165, 1.54) is 30.5 Å². The molecule has 158 valence electrons. The number of hydrogen-bond acceptors (Lipinski definition) is 7. The summed E-state index contributed by atoms with van der Waals surface area (Å²) in [5.74, 6) is 1.19. The lowest BCUT2D eigenvalue weighted by molar-refractivity contribution is 0.0947. The van der Waals surface area contributed by atoms with Crippen LogP contribution in [0, 0.1) is 5.82 Å². The number of methoxy groups -OCH3 is 2. The van der Waals surface area contributed by atoms with Crippen molar-refractivity contribution in [3.63, 3.8) is 0 Å². The Morgan fingerprint density at radius 1 is 1.10 bits per heavy atom. The Labute approximate surface area is 177 Å². The number of anilines is 1. The number of carbonyl (C=O) groups is 1. The molecule has 0 aliphatic rings. The Balaban J connectivity index is 1.64. The molecule has 2 aromatic heterocycles. The van der Waals surface area contributed by atoms with Crippen molar-refractivity contribution in [2.75, 3.05) is 19.5 Å². The van der Waals surface area contributed by atoms with Crippen LogP contribution in [0.2, 0.25) is 0 Å². The smallest absolute Gasteiger partial charge is 0.281 e. The predicted molar refractivity (Wildman–Crippen MR) is 111 cm³/mol. The lowest BCUT2D eigenvalue weighted by atomic mass is 10.2. The van der Waals surface area contributed by atoms with Crippen molar-refractivity contribution in [2.45, 2.75) is 6.54 Å². The standard InChI is InChI=1S/C22H19FN4O4/c1-29-17-10-5-14(12-19(17)30-2)13-24-22-25-20(18-4-3-11-31-18)26-27(22)21(28)15-6-8-16(23)9-7-15/h3-12H,13H2,1-2H3,(H,24,25,26). The van der Waals surface area contributed by atoms with Gasteiger partial charge in [0, 0.05) is 12.1 Å². The maximum Gasteiger partial charge on any atom is 0.281 e. The number of furan rings is 1. The summed E-state index contributed by atoms with van der Waals surface area (Å²) in [4.78, 5) is 17.4. The molecule has 0 unspecified atom stereocenters. The van der Waals surface area contributed by atoms with Gasteiger partial charge in [-0.05, 0) is 54.1 Å². The third-order valence-corrected chi connectivity index (χ3v) is 4.53. The van der Waals surface area contributed by atoms with Crippen LogP contribution in [0.5, 0.6) is 11.5 Å². The highest BCUT2D eigenvalue weighted by Gasteiger charge is 2.20. The highest BCUT2D eigenvalue weighted by atomic mass is 19.1. The van der Waals surface area contributed by atoms with Crippen molar-refractivity contribution in [1.82, 2.24) is 14.8 Å². The second-order valence-electron chi connectivity index (χ2n) is 6.50. The fourth-order valence-electron chi connectivity index (χ4n) is 2.96. The third-order valence-electron chi connectivity index (χ3n) is 4.53. The van der Waals surface area contributed by atoms with Gasteiger partial charge in [0.1, 0.15) is 5.82 Å².